The van der Waals surface area contributed by atoms with E-state index in [2.05, 4.69) is 43.9 Å². The zero-order valence-electron chi connectivity index (χ0n) is 8.88. The van der Waals surface area contributed by atoms with Gasteiger partial charge in [-0.3, -0.25) is 0 Å². The smallest absolute Gasteiger partial charge is 0.0248 e. The molecule has 0 unspecified atom stereocenters. The molecule has 1 rings (SSSR count). The van der Waals surface area contributed by atoms with E-state index in [1.807, 2.05) is 6.07 Å². The van der Waals surface area contributed by atoms with Crippen molar-refractivity contribution in [1.29, 1.82) is 0 Å². The molecule has 74 valence electrons. The Kier molecular flexibility index (Phi) is 4.22. The van der Waals surface area contributed by atoms with Crippen molar-refractivity contribution in [1.82, 2.24) is 0 Å². The molecule has 1 aromatic rings. The Hall–Kier alpha value is -1.26. The zero-order chi connectivity index (χ0) is 10.4. The van der Waals surface area contributed by atoms with Crippen LogP contribution >= 0.6 is 0 Å². The van der Waals surface area contributed by atoms with Crippen LogP contribution in [-0.4, -0.2) is 6.54 Å². The second kappa shape index (κ2) is 5.47. The molecule has 0 spiro atoms. The molecule has 0 bridgehead atoms. The molecule has 2 N–H and O–H groups in total. The van der Waals surface area contributed by atoms with Crippen molar-refractivity contribution < 1.29 is 0 Å². The van der Waals surface area contributed by atoms with Crippen LogP contribution in [0.15, 0.2) is 24.3 Å². The van der Waals surface area contributed by atoms with Gasteiger partial charge in [-0.15, -0.1) is 0 Å². The molecule has 0 saturated heterocycles. The zero-order valence-corrected chi connectivity index (χ0v) is 8.88. The topological polar surface area (TPSA) is 26.0 Å². The van der Waals surface area contributed by atoms with E-state index in [0.717, 1.165) is 12.0 Å². The lowest BCUT2D eigenvalue weighted by Crippen LogP contribution is -1.95. The van der Waals surface area contributed by atoms with Crippen LogP contribution in [-0.2, 0) is 0 Å². The highest BCUT2D eigenvalue weighted by atomic mass is 14.5. The van der Waals surface area contributed by atoms with E-state index >= 15 is 0 Å². The maximum absolute atomic E-state index is 5.37. The second-order valence-electron chi connectivity index (χ2n) is 3.62. The molecule has 1 nitrogen and oxygen atoms in total. The van der Waals surface area contributed by atoms with Gasteiger partial charge >= 0.3 is 0 Å². The van der Waals surface area contributed by atoms with Crippen molar-refractivity contribution in [3.8, 4) is 11.8 Å². The molecule has 0 heterocycles. The molecule has 0 fully saturated rings. The van der Waals surface area contributed by atoms with E-state index in [1.165, 1.54) is 5.56 Å². The fourth-order valence-corrected chi connectivity index (χ4v) is 1.21. The fourth-order valence-electron chi connectivity index (χ4n) is 1.21. The summed E-state index contributed by atoms with van der Waals surface area (Å²) in [5, 5.41) is 0. The van der Waals surface area contributed by atoms with E-state index in [0.29, 0.717) is 12.5 Å². The Morgan fingerprint density at radius 3 is 2.79 bits per heavy atom. The van der Waals surface area contributed by atoms with Gasteiger partial charge in [-0.25, -0.2) is 0 Å². The van der Waals surface area contributed by atoms with Gasteiger partial charge in [0.1, 0.15) is 0 Å². The van der Waals surface area contributed by atoms with Crippen LogP contribution in [0.2, 0.25) is 0 Å². The van der Waals surface area contributed by atoms with Crippen LogP contribution in [0.25, 0.3) is 0 Å². The molecule has 0 aliphatic rings. The van der Waals surface area contributed by atoms with Crippen LogP contribution in [0, 0.1) is 11.8 Å². The van der Waals surface area contributed by atoms with Crippen molar-refractivity contribution in [3.05, 3.63) is 35.4 Å². The highest BCUT2D eigenvalue weighted by Gasteiger charge is 1.97. The largest absolute Gasteiger partial charge is 0.330 e. The minimum Gasteiger partial charge on any atom is -0.330 e. The van der Waals surface area contributed by atoms with Gasteiger partial charge in [0.15, 0.2) is 0 Å². The highest BCUT2D eigenvalue weighted by molar-refractivity contribution is 5.37. The van der Waals surface area contributed by atoms with E-state index < -0.39 is 0 Å². The average molecular weight is 187 g/mol. The lowest BCUT2D eigenvalue weighted by Gasteiger charge is -2.04. The number of rotatable bonds is 2. The minimum absolute atomic E-state index is 0.561. The molecule has 0 aliphatic heterocycles. The fraction of sp³-hybridized carbons (Fsp3) is 0.385. The predicted octanol–water partition coefficient (Wildman–Crippen LogP) is 2.51. The number of benzene rings is 1. The van der Waals surface area contributed by atoms with Crippen LogP contribution in [0.1, 0.15) is 37.3 Å². The van der Waals surface area contributed by atoms with Gasteiger partial charge in [0.25, 0.3) is 0 Å². The molecule has 1 heteroatoms. The van der Waals surface area contributed by atoms with Crippen LogP contribution < -0.4 is 5.73 Å². The van der Waals surface area contributed by atoms with Crippen molar-refractivity contribution in [2.75, 3.05) is 6.54 Å². The Balaban J connectivity index is 2.80. The first-order valence-electron chi connectivity index (χ1n) is 5.03. The Morgan fingerprint density at radius 1 is 1.36 bits per heavy atom. The number of hydrogen-bond acceptors (Lipinski definition) is 1. The SMILES string of the molecule is CC(C)c1cccc(C#CCCN)c1. The molecule has 14 heavy (non-hydrogen) atoms. The first-order valence-corrected chi connectivity index (χ1v) is 5.03. The summed E-state index contributed by atoms with van der Waals surface area (Å²) in [7, 11) is 0. The molecule has 0 amide bonds. The van der Waals surface area contributed by atoms with Gasteiger partial charge in [0, 0.05) is 18.5 Å². The molecule has 0 aliphatic carbocycles. The molecule has 0 saturated carbocycles. The summed E-state index contributed by atoms with van der Waals surface area (Å²) in [4.78, 5) is 0. The van der Waals surface area contributed by atoms with Crippen molar-refractivity contribution >= 4 is 0 Å². The lowest BCUT2D eigenvalue weighted by atomic mass is 10.0. The maximum Gasteiger partial charge on any atom is 0.0248 e. The van der Waals surface area contributed by atoms with Crippen molar-refractivity contribution in [3.63, 3.8) is 0 Å². The number of nitrogens with two attached hydrogens (primary N) is 1. The first kappa shape index (κ1) is 10.8. The van der Waals surface area contributed by atoms with Gasteiger partial charge < -0.3 is 5.73 Å². The van der Waals surface area contributed by atoms with E-state index in [1.54, 1.807) is 0 Å². The summed E-state index contributed by atoms with van der Waals surface area (Å²) < 4.78 is 0. The second-order valence-corrected chi connectivity index (χ2v) is 3.62. The summed E-state index contributed by atoms with van der Waals surface area (Å²) in [5.41, 5.74) is 7.79. The van der Waals surface area contributed by atoms with Crippen molar-refractivity contribution in [2.45, 2.75) is 26.2 Å². The molecule has 0 aromatic heterocycles. The molecule has 1 aromatic carbocycles. The third-order valence-corrected chi connectivity index (χ3v) is 2.06. The third kappa shape index (κ3) is 3.24. The minimum atomic E-state index is 0.561. The molecule has 0 radical (unpaired) electrons. The Bertz CT molecular complexity index is 342. The Labute approximate surface area is 86.3 Å². The highest BCUT2D eigenvalue weighted by Crippen LogP contribution is 2.14. The quantitative estimate of drug-likeness (QED) is 0.707. The van der Waals surface area contributed by atoms with E-state index in [-0.39, 0.29) is 0 Å². The van der Waals surface area contributed by atoms with Crippen LogP contribution in [0.4, 0.5) is 0 Å². The maximum atomic E-state index is 5.37. The van der Waals surface area contributed by atoms with Crippen molar-refractivity contribution in [2.24, 2.45) is 5.73 Å². The molecular weight excluding hydrogens is 170 g/mol. The van der Waals surface area contributed by atoms with Crippen LogP contribution in [0.3, 0.4) is 0 Å². The van der Waals surface area contributed by atoms with Crippen LogP contribution in [0.5, 0.6) is 0 Å². The summed E-state index contributed by atoms with van der Waals surface area (Å²) in [6, 6.07) is 8.38. The average Bonchev–Trinajstić information content (AvgIpc) is 2.19. The normalized spacial score (nSPS) is 9.71. The monoisotopic (exact) mass is 187 g/mol. The Morgan fingerprint density at radius 2 is 2.14 bits per heavy atom. The molecular formula is C13H17N. The molecule has 0 atom stereocenters. The first-order chi connectivity index (χ1) is 6.74. The predicted molar refractivity (Wildman–Crippen MR) is 61.1 cm³/mol. The van der Waals surface area contributed by atoms with Gasteiger partial charge in [-0.2, -0.15) is 0 Å². The summed E-state index contributed by atoms with van der Waals surface area (Å²) >= 11 is 0. The summed E-state index contributed by atoms with van der Waals surface area (Å²) in [6.07, 6.45) is 0.770. The standard InChI is InChI=1S/C13H17N/c1-11(2)13-8-5-7-12(10-13)6-3-4-9-14/h5,7-8,10-11H,4,9,14H2,1-2H3. The van der Waals surface area contributed by atoms with E-state index in [9.17, 15) is 0 Å². The summed E-state index contributed by atoms with van der Waals surface area (Å²) in [6.45, 7) is 5.01. The summed E-state index contributed by atoms with van der Waals surface area (Å²) in [5.74, 6) is 6.71. The van der Waals surface area contributed by atoms with E-state index in [4.69, 9.17) is 5.73 Å². The van der Waals surface area contributed by atoms with Gasteiger partial charge in [-0.05, 0) is 23.6 Å². The third-order valence-electron chi connectivity index (χ3n) is 2.06. The van der Waals surface area contributed by atoms with Gasteiger partial charge in [0.05, 0.1) is 0 Å². The van der Waals surface area contributed by atoms with Gasteiger partial charge in [0.2, 0.25) is 0 Å². The lowest BCUT2D eigenvalue weighted by molar-refractivity contribution is 0.866. The number of hydrogen-bond donors (Lipinski definition) is 1. The van der Waals surface area contributed by atoms with Gasteiger partial charge in [-0.1, -0.05) is 37.8 Å².